The first-order valence-electron chi connectivity index (χ1n) is 11.3. The lowest BCUT2D eigenvalue weighted by molar-refractivity contribution is -0.159. The quantitative estimate of drug-likeness (QED) is 0.439. The third-order valence-corrected chi connectivity index (χ3v) is 7.14. The van der Waals surface area contributed by atoms with Crippen molar-refractivity contribution in [2.75, 3.05) is 13.7 Å². The number of hydrogen-bond acceptors (Lipinski definition) is 7. The highest BCUT2D eigenvalue weighted by Gasteiger charge is 2.36. The van der Waals surface area contributed by atoms with Crippen LogP contribution >= 0.6 is 0 Å². The van der Waals surface area contributed by atoms with Crippen molar-refractivity contribution >= 4 is 22.8 Å². The maximum Gasteiger partial charge on any atom is 0.340 e. The molecule has 4 heterocycles. The fourth-order valence-corrected chi connectivity index (χ4v) is 5.55. The van der Waals surface area contributed by atoms with Crippen molar-refractivity contribution < 1.29 is 24.2 Å². The Bertz CT molecular complexity index is 1460. The van der Waals surface area contributed by atoms with Crippen LogP contribution in [0, 0.1) is 0 Å². The van der Waals surface area contributed by atoms with E-state index < -0.39 is 24.6 Å². The molecule has 0 saturated heterocycles. The van der Waals surface area contributed by atoms with Crippen molar-refractivity contribution in [2.24, 2.45) is 0 Å². The molecule has 9 nitrogen and oxygen atoms in total. The van der Waals surface area contributed by atoms with Crippen molar-refractivity contribution in [3.8, 4) is 11.4 Å². The minimum absolute atomic E-state index is 0.0915. The fraction of sp³-hybridized carbons (Fsp3) is 0.360. The van der Waals surface area contributed by atoms with E-state index in [0.29, 0.717) is 29.1 Å². The van der Waals surface area contributed by atoms with E-state index in [9.17, 15) is 19.5 Å². The zero-order valence-corrected chi connectivity index (χ0v) is 18.6. The number of amides is 1. The third-order valence-electron chi connectivity index (χ3n) is 7.14. The highest BCUT2D eigenvalue weighted by molar-refractivity contribution is 5.92. The van der Waals surface area contributed by atoms with Gasteiger partial charge in [0.2, 0.25) is 5.91 Å². The zero-order chi connectivity index (χ0) is 23.6. The number of esters is 1. The maximum atomic E-state index is 13.4. The molecule has 0 saturated carbocycles. The van der Waals surface area contributed by atoms with Crippen LogP contribution in [0.4, 0.5) is 0 Å². The molecular weight excluding hydrogens is 438 g/mol. The molecule has 1 aliphatic carbocycles. The fourth-order valence-electron chi connectivity index (χ4n) is 5.55. The first-order chi connectivity index (χ1) is 16.5. The number of aliphatic hydroxyl groups is 1. The second-order valence-corrected chi connectivity index (χ2v) is 8.88. The van der Waals surface area contributed by atoms with Gasteiger partial charge in [-0.1, -0.05) is 6.07 Å². The average molecular weight is 461 g/mol. The van der Waals surface area contributed by atoms with E-state index in [-0.39, 0.29) is 18.7 Å². The number of hydrogen-bond donors (Lipinski definition) is 2. The van der Waals surface area contributed by atoms with Crippen LogP contribution in [0.5, 0.6) is 0 Å². The summed E-state index contributed by atoms with van der Waals surface area (Å²) >= 11 is 0. The first kappa shape index (κ1) is 21.0. The molecule has 9 heteroatoms. The van der Waals surface area contributed by atoms with Gasteiger partial charge in [0.15, 0.2) is 6.10 Å². The van der Waals surface area contributed by atoms with Gasteiger partial charge >= 0.3 is 5.97 Å². The van der Waals surface area contributed by atoms with E-state index in [1.807, 2.05) is 6.07 Å². The summed E-state index contributed by atoms with van der Waals surface area (Å²) in [6.07, 6.45) is 2.04. The van der Waals surface area contributed by atoms with Crippen molar-refractivity contribution in [3.63, 3.8) is 0 Å². The summed E-state index contributed by atoms with van der Waals surface area (Å²) in [6, 6.07) is 5.90. The number of benzene rings is 1. The van der Waals surface area contributed by atoms with E-state index in [1.54, 1.807) is 10.6 Å². The Morgan fingerprint density at radius 2 is 2.12 bits per heavy atom. The Hall–Kier alpha value is -3.56. The van der Waals surface area contributed by atoms with Crippen molar-refractivity contribution in [2.45, 2.75) is 45.1 Å². The van der Waals surface area contributed by atoms with E-state index in [0.717, 1.165) is 41.3 Å². The van der Waals surface area contributed by atoms with Crippen LogP contribution in [0.2, 0.25) is 0 Å². The summed E-state index contributed by atoms with van der Waals surface area (Å²) < 4.78 is 12.2. The van der Waals surface area contributed by atoms with Gasteiger partial charge in [-0.25, -0.2) is 9.78 Å². The second kappa shape index (κ2) is 7.75. The molecule has 0 spiro atoms. The number of nitrogens with one attached hydrogen (secondary N) is 1. The summed E-state index contributed by atoms with van der Waals surface area (Å²) in [5, 5.41) is 13.0. The molecule has 1 amide bonds. The Morgan fingerprint density at radius 3 is 2.91 bits per heavy atom. The number of carbonyl (C=O) groups excluding carboxylic acids is 2. The van der Waals surface area contributed by atoms with E-state index in [2.05, 4.69) is 11.4 Å². The van der Waals surface area contributed by atoms with Crippen LogP contribution in [0.15, 0.2) is 23.0 Å². The van der Waals surface area contributed by atoms with Gasteiger partial charge in [-0.2, -0.15) is 0 Å². The predicted octanol–water partition coefficient (Wildman–Crippen LogP) is 1.27. The molecule has 2 aliphatic heterocycles. The van der Waals surface area contributed by atoms with Crippen molar-refractivity contribution in [1.82, 2.24) is 14.9 Å². The summed E-state index contributed by atoms with van der Waals surface area (Å²) in [6.45, 7) is -0.158. The summed E-state index contributed by atoms with van der Waals surface area (Å²) in [4.78, 5) is 42.5. The topological polar surface area (TPSA) is 120 Å². The number of rotatable bonds is 4. The van der Waals surface area contributed by atoms with E-state index in [1.165, 1.54) is 18.2 Å². The second-order valence-electron chi connectivity index (χ2n) is 8.88. The normalized spacial score (nSPS) is 17.7. The summed E-state index contributed by atoms with van der Waals surface area (Å²) in [5.74, 6) is -0.986. The summed E-state index contributed by atoms with van der Waals surface area (Å²) in [5.41, 5.74) is 7.06. The third kappa shape index (κ3) is 2.93. The van der Waals surface area contributed by atoms with Gasteiger partial charge in [-0.3, -0.25) is 9.59 Å². The van der Waals surface area contributed by atoms with Gasteiger partial charge in [0, 0.05) is 30.2 Å². The number of carbonyl (C=O) groups is 2. The van der Waals surface area contributed by atoms with Gasteiger partial charge in [0.05, 0.1) is 29.0 Å². The Morgan fingerprint density at radius 1 is 1.26 bits per heavy atom. The molecule has 1 aromatic carbocycles. The molecule has 0 fully saturated rings. The maximum absolute atomic E-state index is 13.4. The molecule has 174 valence electrons. The van der Waals surface area contributed by atoms with Crippen LogP contribution < -0.4 is 10.9 Å². The number of aryl methyl sites for hydroxylation is 2. The number of aromatic nitrogens is 2. The summed E-state index contributed by atoms with van der Waals surface area (Å²) in [7, 11) is 1.41. The largest absolute Gasteiger partial charge is 0.458 e. The zero-order valence-electron chi connectivity index (χ0n) is 18.6. The van der Waals surface area contributed by atoms with E-state index in [4.69, 9.17) is 14.5 Å². The lowest BCUT2D eigenvalue weighted by atomic mass is 9.94. The molecule has 1 atom stereocenters. The average Bonchev–Trinajstić information content (AvgIpc) is 3.46. The lowest BCUT2D eigenvalue weighted by Gasteiger charge is -2.24. The minimum Gasteiger partial charge on any atom is -0.458 e. The molecule has 0 radical (unpaired) electrons. The van der Waals surface area contributed by atoms with E-state index >= 15 is 0 Å². The molecular formula is C25H23N3O6. The highest BCUT2D eigenvalue weighted by Crippen LogP contribution is 2.40. The smallest absolute Gasteiger partial charge is 0.340 e. The molecule has 3 aromatic rings. The van der Waals surface area contributed by atoms with Gasteiger partial charge in [-0.05, 0) is 48.1 Å². The molecule has 0 unspecified atom stereocenters. The van der Waals surface area contributed by atoms with Gasteiger partial charge in [0.25, 0.3) is 5.56 Å². The Labute approximate surface area is 194 Å². The van der Waals surface area contributed by atoms with Gasteiger partial charge in [0.1, 0.15) is 13.2 Å². The molecule has 0 bridgehead atoms. The molecule has 2 aromatic heterocycles. The minimum atomic E-state index is -0.960. The standard InChI is InChI=1S/C25H23N3O6/c1-33-23-14-7-19-22-16(9-28(19)24(31)17(14)11-34-25(23)32)15(8-26-20(30)10-29)21-13-4-2-3-12(13)5-6-18(21)27-22/h5-7,23,29H,2-4,8-11H2,1H3,(H,26,30)/t23-/m0/s1. The van der Waals surface area contributed by atoms with Crippen molar-refractivity contribution in [3.05, 3.63) is 61.9 Å². The number of ether oxygens (including phenoxy) is 2. The molecule has 34 heavy (non-hydrogen) atoms. The molecule has 2 N–H and O–H groups in total. The Balaban J connectivity index is 1.60. The number of nitrogens with zero attached hydrogens (tertiary/aromatic N) is 2. The number of pyridine rings is 2. The van der Waals surface area contributed by atoms with Crippen LogP contribution in [0.3, 0.4) is 0 Å². The van der Waals surface area contributed by atoms with Crippen LogP contribution in [0.25, 0.3) is 22.3 Å². The molecule has 3 aliphatic rings. The number of aliphatic hydroxyl groups excluding tert-OH is 1. The van der Waals surface area contributed by atoms with Gasteiger partial charge < -0.3 is 24.5 Å². The number of cyclic esters (lactones) is 1. The van der Waals surface area contributed by atoms with Crippen LogP contribution in [0.1, 0.15) is 45.9 Å². The molecule has 6 rings (SSSR count). The first-order valence-corrected chi connectivity index (χ1v) is 11.3. The van der Waals surface area contributed by atoms with Crippen molar-refractivity contribution in [1.29, 1.82) is 0 Å². The Kier molecular flexibility index (Phi) is 4.79. The monoisotopic (exact) mass is 461 g/mol. The van der Waals surface area contributed by atoms with Gasteiger partial charge in [-0.15, -0.1) is 0 Å². The SMILES string of the molecule is CO[C@@H]1C(=O)OCc2c1cc1n(c2=O)Cc2c-1nc1ccc3c(c1c2CNC(=O)CO)CCC3. The number of methoxy groups -OCH3 is 1. The highest BCUT2D eigenvalue weighted by atomic mass is 16.6. The van der Waals surface area contributed by atoms with Crippen LogP contribution in [-0.2, 0) is 51.6 Å². The number of fused-ring (bicyclic) bond motifs is 7. The predicted molar refractivity (Wildman–Crippen MR) is 121 cm³/mol. The van der Waals surface area contributed by atoms with Crippen LogP contribution in [-0.4, -0.2) is 40.3 Å². The lowest BCUT2D eigenvalue weighted by Crippen LogP contribution is -2.33.